The first-order chi connectivity index (χ1) is 8.58. The van der Waals surface area contributed by atoms with E-state index < -0.39 is 6.61 Å². The van der Waals surface area contributed by atoms with E-state index in [-0.39, 0.29) is 11.7 Å². The highest BCUT2D eigenvalue weighted by Gasteiger charge is 2.13. The number of nitrogens with zero attached hydrogens (tertiary/aromatic N) is 1. The van der Waals surface area contributed by atoms with Crippen molar-refractivity contribution >= 4 is 17.5 Å². The van der Waals surface area contributed by atoms with Crippen LogP contribution >= 0.6 is 11.6 Å². The molecule has 0 radical (unpaired) electrons. The Labute approximate surface area is 109 Å². The predicted molar refractivity (Wildman–Crippen MR) is 65.4 cm³/mol. The van der Waals surface area contributed by atoms with Gasteiger partial charge in [-0.1, -0.05) is 0 Å². The van der Waals surface area contributed by atoms with Gasteiger partial charge in [-0.2, -0.15) is 8.78 Å². The lowest BCUT2D eigenvalue weighted by atomic mass is 10.2. The number of alkyl halides is 3. The van der Waals surface area contributed by atoms with Gasteiger partial charge in [0.25, 0.3) is 5.91 Å². The number of ether oxygens (including phenoxy) is 1. The molecule has 0 atom stereocenters. The molecule has 100 valence electrons. The van der Waals surface area contributed by atoms with Crippen molar-refractivity contribution in [3.05, 3.63) is 29.8 Å². The number of hydrogen-bond donors (Lipinski definition) is 0. The zero-order valence-corrected chi connectivity index (χ0v) is 10.7. The van der Waals surface area contributed by atoms with E-state index in [1.165, 1.54) is 24.3 Å². The quantitative estimate of drug-likeness (QED) is 0.748. The van der Waals surface area contributed by atoms with Crippen LogP contribution in [-0.2, 0) is 0 Å². The second-order valence-corrected chi connectivity index (χ2v) is 3.85. The van der Waals surface area contributed by atoms with Gasteiger partial charge in [0.05, 0.1) is 0 Å². The van der Waals surface area contributed by atoms with Crippen molar-refractivity contribution in [2.45, 2.75) is 13.5 Å². The normalized spacial score (nSPS) is 10.5. The highest BCUT2D eigenvalue weighted by molar-refractivity contribution is 6.18. The van der Waals surface area contributed by atoms with Crippen molar-refractivity contribution in [2.24, 2.45) is 0 Å². The van der Waals surface area contributed by atoms with E-state index in [2.05, 4.69) is 4.74 Å². The van der Waals surface area contributed by atoms with E-state index in [0.29, 0.717) is 24.5 Å². The number of halogens is 3. The summed E-state index contributed by atoms with van der Waals surface area (Å²) in [6.07, 6.45) is 0. The molecular weight excluding hydrogens is 264 g/mol. The molecule has 0 spiro atoms. The molecule has 0 aliphatic heterocycles. The van der Waals surface area contributed by atoms with E-state index in [1.807, 2.05) is 6.92 Å². The summed E-state index contributed by atoms with van der Waals surface area (Å²) in [7, 11) is 0. The molecule has 0 N–H and O–H groups in total. The minimum Gasteiger partial charge on any atom is -0.435 e. The van der Waals surface area contributed by atoms with Crippen LogP contribution < -0.4 is 4.74 Å². The molecule has 1 amide bonds. The van der Waals surface area contributed by atoms with E-state index in [1.54, 1.807) is 4.90 Å². The molecule has 0 aliphatic carbocycles. The second kappa shape index (κ2) is 7.16. The third-order valence-electron chi connectivity index (χ3n) is 2.35. The molecule has 1 aromatic rings. The molecular formula is C12H14ClF2NO2. The molecule has 1 aromatic carbocycles. The number of amides is 1. The Kier molecular flexibility index (Phi) is 5.85. The Balaban J connectivity index is 2.74. The number of carbonyl (C=O) groups is 1. The van der Waals surface area contributed by atoms with Crippen LogP contribution in [0.2, 0.25) is 0 Å². The maximum atomic E-state index is 12.0. The second-order valence-electron chi connectivity index (χ2n) is 3.48. The fraction of sp³-hybridized carbons (Fsp3) is 0.417. The van der Waals surface area contributed by atoms with Crippen LogP contribution in [0.5, 0.6) is 5.75 Å². The standard InChI is InChI=1S/C12H14ClF2NO2/c1-2-16(8-7-13)11(17)9-3-5-10(6-4-9)18-12(14)15/h3-6,12H,2,7-8H2,1H3. The first kappa shape index (κ1) is 14.7. The number of benzene rings is 1. The van der Waals surface area contributed by atoms with Crippen molar-refractivity contribution in [3.8, 4) is 5.75 Å². The molecule has 0 saturated heterocycles. The van der Waals surface area contributed by atoms with Gasteiger partial charge in [-0.05, 0) is 31.2 Å². The predicted octanol–water partition coefficient (Wildman–Crippen LogP) is 2.99. The summed E-state index contributed by atoms with van der Waals surface area (Å²) in [5, 5.41) is 0. The average molecular weight is 278 g/mol. The van der Waals surface area contributed by atoms with E-state index >= 15 is 0 Å². The Morgan fingerprint density at radius 1 is 1.39 bits per heavy atom. The molecule has 18 heavy (non-hydrogen) atoms. The zero-order chi connectivity index (χ0) is 13.5. The highest BCUT2D eigenvalue weighted by Crippen LogP contribution is 2.16. The SMILES string of the molecule is CCN(CCCl)C(=O)c1ccc(OC(F)F)cc1. The maximum Gasteiger partial charge on any atom is 0.387 e. The largest absolute Gasteiger partial charge is 0.435 e. The van der Waals surface area contributed by atoms with Crippen LogP contribution in [-0.4, -0.2) is 36.4 Å². The molecule has 3 nitrogen and oxygen atoms in total. The molecule has 0 aromatic heterocycles. The van der Waals surface area contributed by atoms with Crippen LogP contribution in [0.15, 0.2) is 24.3 Å². The van der Waals surface area contributed by atoms with Crippen LogP contribution in [0.1, 0.15) is 17.3 Å². The molecule has 0 bridgehead atoms. The number of hydrogen-bond acceptors (Lipinski definition) is 2. The minimum absolute atomic E-state index is 0.0296. The number of rotatable bonds is 6. The van der Waals surface area contributed by atoms with E-state index in [4.69, 9.17) is 11.6 Å². The fourth-order valence-electron chi connectivity index (χ4n) is 1.47. The first-order valence-electron chi connectivity index (χ1n) is 5.48. The summed E-state index contributed by atoms with van der Waals surface area (Å²) in [5.74, 6) is 0.204. The molecule has 0 unspecified atom stereocenters. The summed E-state index contributed by atoms with van der Waals surface area (Å²) in [6.45, 7) is -0.0268. The Bertz CT molecular complexity index is 384. The van der Waals surface area contributed by atoms with Gasteiger partial charge in [0.1, 0.15) is 5.75 Å². The Hall–Kier alpha value is -1.36. The van der Waals surface area contributed by atoms with Crippen molar-refractivity contribution in [2.75, 3.05) is 19.0 Å². The summed E-state index contributed by atoms with van der Waals surface area (Å²) >= 11 is 5.59. The third kappa shape index (κ3) is 4.14. The van der Waals surface area contributed by atoms with Crippen LogP contribution in [0, 0.1) is 0 Å². The Morgan fingerprint density at radius 2 is 2.00 bits per heavy atom. The first-order valence-corrected chi connectivity index (χ1v) is 6.02. The van der Waals surface area contributed by atoms with Crippen molar-refractivity contribution in [1.29, 1.82) is 0 Å². The molecule has 6 heteroatoms. The van der Waals surface area contributed by atoms with Gasteiger partial charge in [-0.3, -0.25) is 4.79 Å². The molecule has 0 saturated carbocycles. The van der Waals surface area contributed by atoms with Crippen LogP contribution in [0.4, 0.5) is 8.78 Å². The lowest BCUT2D eigenvalue weighted by Gasteiger charge is -2.19. The van der Waals surface area contributed by atoms with E-state index in [9.17, 15) is 13.6 Å². The average Bonchev–Trinajstić information content (AvgIpc) is 2.35. The Morgan fingerprint density at radius 3 is 2.44 bits per heavy atom. The van der Waals surface area contributed by atoms with Crippen molar-refractivity contribution in [3.63, 3.8) is 0 Å². The molecule has 0 aliphatic rings. The zero-order valence-electron chi connectivity index (χ0n) is 9.91. The molecule has 1 rings (SSSR count). The van der Waals surface area contributed by atoms with Gasteiger partial charge >= 0.3 is 6.61 Å². The summed E-state index contributed by atoms with van der Waals surface area (Å²) in [5.41, 5.74) is 0.420. The fourth-order valence-corrected chi connectivity index (χ4v) is 1.67. The lowest BCUT2D eigenvalue weighted by Crippen LogP contribution is -2.32. The van der Waals surface area contributed by atoms with Crippen LogP contribution in [0.3, 0.4) is 0 Å². The highest BCUT2D eigenvalue weighted by atomic mass is 35.5. The topological polar surface area (TPSA) is 29.5 Å². The van der Waals surface area contributed by atoms with Crippen molar-refractivity contribution in [1.82, 2.24) is 4.90 Å². The van der Waals surface area contributed by atoms with E-state index in [0.717, 1.165) is 0 Å². The lowest BCUT2D eigenvalue weighted by molar-refractivity contribution is -0.0498. The van der Waals surface area contributed by atoms with Gasteiger partial charge in [-0.25, -0.2) is 0 Å². The smallest absolute Gasteiger partial charge is 0.387 e. The summed E-state index contributed by atoms with van der Waals surface area (Å²) in [4.78, 5) is 13.6. The monoisotopic (exact) mass is 277 g/mol. The molecule has 0 heterocycles. The third-order valence-corrected chi connectivity index (χ3v) is 2.52. The van der Waals surface area contributed by atoms with Gasteiger partial charge in [0.2, 0.25) is 0 Å². The maximum absolute atomic E-state index is 12.0. The van der Waals surface area contributed by atoms with Crippen LogP contribution in [0.25, 0.3) is 0 Å². The summed E-state index contributed by atoms with van der Waals surface area (Å²) in [6, 6.07) is 5.59. The minimum atomic E-state index is -2.87. The van der Waals surface area contributed by atoms with Gasteiger partial charge < -0.3 is 9.64 Å². The van der Waals surface area contributed by atoms with Gasteiger partial charge in [0.15, 0.2) is 0 Å². The molecule has 0 fully saturated rings. The summed E-state index contributed by atoms with van der Waals surface area (Å²) < 4.78 is 28.1. The van der Waals surface area contributed by atoms with Crippen molar-refractivity contribution < 1.29 is 18.3 Å². The van der Waals surface area contributed by atoms with Gasteiger partial charge in [0, 0.05) is 24.5 Å². The number of carbonyl (C=O) groups excluding carboxylic acids is 1. The van der Waals surface area contributed by atoms with Gasteiger partial charge in [-0.15, -0.1) is 11.6 Å².